The van der Waals surface area contributed by atoms with Gasteiger partial charge >= 0.3 is 0 Å². The third-order valence-electron chi connectivity index (χ3n) is 6.46. The molecule has 0 spiro atoms. The highest BCUT2D eigenvalue weighted by molar-refractivity contribution is 7.89. The van der Waals surface area contributed by atoms with E-state index >= 15 is 0 Å². The lowest BCUT2D eigenvalue weighted by Crippen LogP contribution is -2.48. The molecule has 3 aromatic rings. The number of carbonyl (C=O) groups excluding carboxylic acids is 1. The number of fused-ring (bicyclic) bond motifs is 1. The predicted molar refractivity (Wildman–Crippen MR) is 148 cm³/mol. The second-order valence-electron chi connectivity index (χ2n) is 9.00. The highest BCUT2D eigenvalue weighted by Gasteiger charge is 2.26. The smallest absolute Gasteiger partial charge is 0.253 e. The van der Waals surface area contributed by atoms with Crippen LogP contribution >= 0.6 is 22.9 Å². The van der Waals surface area contributed by atoms with Gasteiger partial charge in [0.25, 0.3) is 5.91 Å². The molecule has 36 heavy (non-hydrogen) atoms. The fourth-order valence-electron chi connectivity index (χ4n) is 4.26. The van der Waals surface area contributed by atoms with Gasteiger partial charge < -0.3 is 9.80 Å². The minimum atomic E-state index is -3.58. The number of rotatable bonds is 10. The summed E-state index contributed by atoms with van der Waals surface area (Å²) < 4.78 is 29.0. The Kier molecular flexibility index (Phi) is 8.87. The lowest BCUT2D eigenvalue weighted by molar-refractivity contribution is 0.0746. The van der Waals surface area contributed by atoms with Crippen molar-refractivity contribution < 1.29 is 13.2 Å². The fraction of sp³-hybridized carbons (Fsp3) is 0.462. The van der Waals surface area contributed by atoms with Crippen LogP contribution in [0.3, 0.4) is 0 Å². The van der Waals surface area contributed by atoms with Crippen molar-refractivity contribution in [2.75, 3.05) is 44.2 Å². The van der Waals surface area contributed by atoms with Crippen LogP contribution in [0.2, 0.25) is 5.02 Å². The molecule has 1 aromatic heterocycles. The van der Waals surface area contributed by atoms with Gasteiger partial charge in [-0.3, -0.25) is 4.79 Å². The van der Waals surface area contributed by atoms with Gasteiger partial charge in [-0.1, -0.05) is 55.7 Å². The molecule has 10 heteroatoms. The first-order chi connectivity index (χ1) is 17.3. The van der Waals surface area contributed by atoms with Crippen LogP contribution in [0.25, 0.3) is 10.2 Å². The summed E-state index contributed by atoms with van der Waals surface area (Å²) in [7, 11) is -3.58. The molecule has 2 aromatic carbocycles. The Bertz CT molecular complexity index is 1280. The summed E-state index contributed by atoms with van der Waals surface area (Å²) in [6, 6.07) is 12.2. The molecule has 0 saturated carbocycles. The van der Waals surface area contributed by atoms with Gasteiger partial charge in [-0.15, -0.1) is 0 Å². The van der Waals surface area contributed by atoms with Crippen LogP contribution in [0.5, 0.6) is 0 Å². The van der Waals surface area contributed by atoms with Crippen LogP contribution in [-0.4, -0.2) is 67.8 Å². The molecule has 7 nitrogen and oxygen atoms in total. The van der Waals surface area contributed by atoms with Crippen molar-refractivity contribution in [3.8, 4) is 0 Å². The lowest BCUT2D eigenvalue weighted by Gasteiger charge is -2.34. The van der Waals surface area contributed by atoms with Gasteiger partial charge in [0, 0.05) is 44.8 Å². The molecule has 0 N–H and O–H groups in total. The zero-order valence-corrected chi connectivity index (χ0v) is 23.2. The molecule has 1 fully saturated rings. The Morgan fingerprint density at radius 3 is 2.22 bits per heavy atom. The number of carbonyl (C=O) groups is 1. The average Bonchev–Trinajstić information content (AvgIpc) is 3.34. The molecular weight excluding hydrogens is 516 g/mol. The van der Waals surface area contributed by atoms with E-state index in [9.17, 15) is 13.2 Å². The Morgan fingerprint density at radius 2 is 1.64 bits per heavy atom. The van der Waals surface area contributed by atoms with E-state index in [2.05, 4.69) is 18.7 Å². The zero-order chi connectivity index (χ0) is 25.7. The van der Waals surface area contributed by atoms with Crippen molar-refractivity contribution in [3.63, 3.8) is 0 Å². The summed E-state index contributed by atoms with van der Waals surface area (Å²) in [5.74, 6) is -0.0836. The van der Waals surface area contributed by atoms with Crippen molar-refractivity contribution in [3.05, 3.63) is 53.1 Å². The molecule has 0 aliphatic carbocycles. The van der Waals surface area contributed by atoms with Crippen LogP contribution < -0.4 is 4.90 Å². The van der Waals surface area contributed by atoms with Gasteiger partial charge in [0.2, 0.25) is 10.0 Å². The number of amides is 1. The number of unbranched alkanes of at least 4 members (excludes halogenated alkanes) is 2. The van der Waals surface area contributed by atoms with Gasteiger partial charge in [-0.05, 0) is 49.2 Å². The van der Waals surface area contributed by atoms with Crippen LogP contribution in [0.4, 0.5) is 5.13 Å². The van der Waals surface area contributed by atoms with E-state index in [1.807, 2.05) is 23.1 Å². The first-order valence-corrected chi connectivity index (χ1v) is 15.2. The highest BCUT2D eigenvalue weighted by Crippen LogP contribution is 2.33. The van der Waals surface area contributed by atoms with Crippen LogP contribution in [0.15, 0.2) is 47.4 Å². The molecular formula is C26H33ClN4O3S2. The maximum atomic E-state index is 13.2. The van der Waals surface area contributed by atoms with E-state index in [1.54, 1.807) is 39.9 Å². The molecule has 1 amide bonds. The predicted octanol–water partition coefficient (Wildman–Crippen LogP) is 5.50. The van der Waals surface area contributed by atoms with Crippen molar-refractivity contribution in [2.24, 2.45) is 0 Å². The van der Waals surface area contributed by atoms with E-state index in [0.29, 0.717) is 49.9 Å². The Balaban J connectivity index is 1.40. The third-order valence-corrected chi connectivity index (χ3v) is 9.76. The number of halogens is 1. The van der Waals surface area contributed by atoms with Crippen LogP contribution in [0, 0.1) is 0 Å². The SMILES string of the molecule is CCCCN(CCCC)S(=O)(=O)c1ccc(C(=O)N2CCN(c3nc4c(Cl)cccc4s3)CC2)cc1. The summed E-state index contributed by atoms with van der Waals surface area (Å²) in [4.78, 5) is 22.1. The maximum Gasteiger partial charge on any atom is 0.253 e. The van der Waals surface area contributed by atoms with E-state index in [1.165, 1.54) is 0 Å². The van der Waals surface area contributed by atoms with Gasteiger partial charge in [0.05, 0.1) is 14.6 Å². The number of anilines is 1. The summed E-state index contributed by atoms with van der Waals surface area (Å²) in [5.41, 5.74) is 1.32. The number of piperazine rings is 1. The molecule has 0 atom stereocenters. The first kappa shape index (κ1) is 26.9. The normalized spacial score (nSPS) is 14.7. The largest absolute Gasteiger partial charge is 0.345 e. The molecule has 2 heterocycles. The molecule has 4 rings (SSSR count). The number of benzene rings is 2. The van der Waals surface area contributed by atoms with E-state index in [4.69, 9.17) is 16.6 Å². The summed E-state index contributed by atoms with van der Waals surface area (Å²) in [5, 5.41) is 1.56. The summed E-state index contributed by atoms with van der Waals surface area (Å²) >= 11 is 7.88. The van der Waals surface area contributed by atoms with Crippen molar-refractivity contribution >= 4 is 54.2 Å². The van der Waals surface area contributed by atoms with E-state index in [0.717, 1.165) is 41.0 Å². The summed E-state index contributed by atoms with van der Waals surface area (Å²) in [6.45, 7) is 7.65. The molecule has 0 unspecified atom stereocenters. The molecule has 1 aliphatic heterocycles. The van der Waals surface area contributed by atoms with E-state index in [-0.39, 0.29) is 10.8 Å². The maximum absolute atomic E-state index is 13.2. The second-order valence-corrected chi connectivity index (χ2v) is 12.4. The molecule has 0 radical (unpaired) electrons. The zero-order valence-electron chi connectivity index (χ0n) is 20.8. The lowest BCUT2D eigenvalue weighted by atomic mass is 10.2. The highest BCUT2D eigenvalue weighted by atomic mass is 35.5. The van der Waals surface area contributed by atoms with Gasteiger partial charge in [0.1, 0.15) is 5.52 Å². The number of nitrogens with zero attached hydrogens (tertiary/aromatic N) is 4. The van der Waals surface area contributed by atoms with Crippen LogP contribution in [0.1, 0.15) is 49.9 Å². The number of para-hydroxylation sites is 1. The number of thiazole rings is 1. The Morgan fingerprint density at radius 1 is 1.00 bits per heavy atom. The van der Waals surface area contributed by atoms with Gasteiger partial charge in [-0.25, -0.2) is 13.4 Å². The van der Waals surface area contributed by atoms with Crippen molar-refractivity contribution in [1.82, 2.24) is 14.2 Å². The Labute approximate surface area is 222 Å². The third kappa shape index (κ3) is 5.85. The first-order valence-electron chi connectivity index (χ1n) is 12.5. The van der Waals surface area contributed by atoms with Crippen molar-refractivity contribution in [1.29, 1.82) is 0 Å². The fourth-order valence-corrected chi connectivity index (χ4v) is 7.10. The van der Waals surface area contributed by atoms with E-state index < -0.39 is 10.0 Å². The van der Waals surface area contributed by atoms with Crippen molar-refractivity contribution in [2.45, 2.75) is 44.4 Å². The topological polar surface area (TPSA) is 73.8 Å². The standard InChI is InChI=1S/C26H33ClN4O3S2/c1-3-5-14-31(15-6-4-2)36(33,34)21-12-10-20(11-13-21)25(32)29-16-18-30(19-17-29)26-28-24-22(27)8-7-9-23(24)35-26/h7-13H,3-6,14-19H2,1-2H3. The minimum Gasteiger partial charge on any atom is -0.345 e. The summed E-state index contributed by atoms with van der Waals surface area (Å²) in [6.07, 6.45) is 3.53. The number of hydrogen-bond donors (Lipinski definition) is 0. The number of sulfonamides is 1. The molecule has 194 valence electrons. The van der Waals surface area contributed by atoms with Gasteiger partial charge in [-0.2, -0.15) is 4.31 Å². The quantitative estimate of drug-likeness (QED) is 0.334. The number of aromatic nitrogens is 1. The van der Waals surface area contributed by atoms with Crippen LogP contribution in [-0.2, 0) is 10.0 Å². The average molecular weight is 549 g/mol. The molecule has 1 saturated heterocycles. The monoisotopic (exact) mass is 548 g/mol. The second kappa shape index (κ2) is 11.9. The van der Waals surface area contributed by atoms with Gasteiger partial charge in [0.15, 0.2) is 5.13 Å². The Hall–Kier alpha value is -2.20. The minimum absolute atomic E-state index is 0.0836. The molecule has 0 bridgehead atoms. The number of hydrogen-bond acceptors (Lipinski definition) is 6. The molecule has 1 aliphatic rings.